The van der Waals surface area contributed by atoms with E-state index < -0.39 is 6.26 Å². The Morgan fingerprint density at radius 2 is 1.64 bits per heavy atom. The molecule has 0 atom stereocenters. The molecule has 0 aliphatic heterocycles. The maximum Gasteiger partial charge on any atom is 0.153 e. The lowest BCUT2D eigenvalue weighted by Gasteiger charge is -2.08. The molecule has 0 radical (unpaired) electrons. The normalized spacial score (nSPS) is 10.3. The molecule has 0 saturated heterocycles. The average Bonchev–Trinajstić information content (AvgIpc) is 2.26. The van der Waals surface area contributed by atoms with Crippen LogP contribution in [0.15, 0.2) is 12.1 Å². The van der Waals surface area contributed by atoms with E-state index in [-0.39, 0.29) is 22.6 Å². The Balaban J connectivity index is 3.40. The molecule has 0 fully saturated rings. The summed E-state index contributed by atoms with van der Waals surface area (Å²) in [5.74, 6) is 0.444. The van der Waals surface area contributed by atoms with E-state index in [1.807, 2.05) is 0 Å². The standard InChI is InChI=1S/C10H10O4/c1-13-9-3-8(6-12)10(14-2)4-7(9)5-11/h3-6H,1-2H3/i5D. The van der Waals surface area contributed by atoms with Gasteiger partial charge in [-0.25, -0.2) is 0 Å². The van der Waals surface area contributed by atoms with Crippen LogP contribution in [-0.4, -0.2) is 26.8 Å². The van der Waals surface area contributed by atoms with Gasteiger partial charge in [-0.15, -0.1) is 0 Å². The van der Waals surface area contributed by atoms with Crippen molar-refractivity contribution in [2.45, 2.75) is 0 Å². The minimum Gasteiger partial charge on any atom is -0.496 e. The highest BCUT2D eigenvalue weighted by atomic mass is 16.5. The summed E-state index contributed by atoms with van der Waals surface area (Å²) in [6.45, 7) is 0. The van der Waals surface area contributed by atoms with Crippen molar-refractivity contribution in [2.24, 2.45) is 0 Å². The molecular formula is C10H10O4. The largest absolute Gasteiger partial charge is 0.496 e. The quantitative estimate of drug-likeness (QED) is 0.680. The summed E-state index contributed by atoms with van der Waals surface area (Å²) in [4.78, 5) is 21.6. The van der Waals surface area contributed by atoms with Crippen LogP contribution in [0.5, 0.6) is 11.5 Å². The average molecular weight is 195 g/mol. The number of carbonyl (C=O) groups is 2. The van der Waals surface area contributed by atoms with E-state index in [2.05, 4.69) is 0 Å². The first-order chi connectivity index (χ1) is 7.13. The van der Waals surface area contributed by atoms with Gasteiger partial charge < -0.3 is 9.47 Å². The van der Waals surface area contributed by atoms with E-state index in [0.29, 0.717) is 6.29 Å². The second kappa shape index (κ2) is 4.41. The molecule has 74 valence electrons. The third-order valence-corrected chi connectivity index (χ3v) is 1.79. The number of benzene rings is 1. The molecule has 0 heterocycles. The zero-order valence-corrected chi connectivity index (χ0v) is 7.87. The summed E-state index contributed by atoms with van der Waals surface area (Å²) < 4.78 is 16.8. The fourth-order valence-electron chi connectivity index (χ4n) is 1.09. The Labute approximate surface area is 82.8 Å². The molecule has 4 nitrogen and oxygen atoms in total. The first-order valence-electron chi connectivity index (χ1n) is 4.36. The van der Waals surface area contributed by atoms with E-state index in [4.69, 9.17) is 10.8 Å². The number of hydrogen-bond acceptors (Lipinski definition) is 4. The summed E-state index contributed by atoms with van der Waals surface area (Å²) >= 11 is 0. The van der Waals surface area contributed by atoms with E-state index >= 15 is 0 Å². The highest BCUT2D eigenvalue weighted by Gasteiger charge is 2.09. The van der Waals surface area contributed by atoms with Gasteiger partial charge in [-0.3, -0.25) is 9.59 Å². The molecule has 0 aliphatic rings. The SMILES string of the molecule is [2H]C(=O)c1cc(OC)c(C=O)cc1OC. The molecule has 0 saturated carbocycles. The smallest absolute Gasteiger partial charge is 0.153 e. The summed E-state index contributed by atoms with van der Waals surface area (Å²) in [5.41, 5.74) is 0.347. The topological polar surface area (TPSA) is 52.6 Å². The Kier molecular flexibility index (Phi) is 2.76. The number of methoxy groups -OCH3 is 2. The highest BCUT2D eigenvalue weighted by molar-refractivity contribution is 5.87. The van der Waals surface area contributed by atoms with Gasteiger partial charge in [-0.1, -0.05) is 0 Å². The van der Waals surface area contributed by atoms with Crippen LogP contribution >= 0.6 is 0 Å². The van der Waals surface area contributed by atoms with Crippen LogP contribution in [0.4, 0.5) is 0 Å². The van der Waals surface area contributed by atoms with Gasteiger partial charge in [-0.2, -0.15) is 0 Å². The van der Waals surface area contributed by atoms with E-state index in [1.165, 1.54) is 26.4 Å². The first kappa shape index (κ1) is 8.74. The van der Waals surface area contributed by atoms with Crippen molar-refractivity contribution in [1.29, 1.82) is 0 Å². The molecule has 0 bridgehead atoms. The lowest BCUT2D eigenvalue weighted by atomic mass is 10.1. The first-order valence-corrected chi connectivity index (χ1v) is 3.86. The monoisotopic (exact) mass is 195 g/mol. The van der Waals surface area contributed by atoms with Crippen LogP contribution in [-0.2, 0) is 0 Å². The van der Waals surface area contributed by atoms with Gasteiger partial charge >= 0.3 is 0 Å². The number of ether oxygens (including phenoxy) is 2. The van der Waals surface area contributed by atoms with Crippen molar-refractivity contribution < 1.29 is 20.4 Å². The van der Waals surface area contributed by atoms with Gasteiger partial charge in [0.15, 0.2) is 12.5 Å². The van der Waals surface area contributed by atoms with Gasteiger partial charge in [0.1, 0.15) is 12.9 Å². The molecule has 14 heavy (non-hydrogen) atoms. The van der Waals surface area contributed by atoms with E-state index in [1.54, 1.807) is 0 Å². The lowest BCUT2D eigenvalue weighted by Crippen LogP contribution is -1.96. The molecule has 1 aromatic carbocycles. The number of hydrogen-bond donors (Lipinski definition) is 0. The molecule has 0 aliphatic carbocycles. The van der Waals surface area contributed by atoms with Crippen LogP contribution in [0.3, 0.4) is 0 Å². The van der Waals surface area contributed by atoms with Crippen molar-refractivity contribution in [3.05, 3.63) is 23.3 Å². The minimum absolute atomic E-state index is 0.0694. The summed E-state index contributed by atoms with van der Waals surface area (Å²) in [6.07, 6.45) is -0.290. The molecule has 0 N–H and O–H groups in total. The van der Waals surface area contributed by atoms with Crippen molar-refractivity contribution >= 4 is 12.5 Å². The summed E-state index contributed by atoms with van der Waals surface area (Å²) in [5, 5.41) is 0. The fourth-order valence-corrected chi connectivity index (χ4v) is 1.09. The van der Waals surface area contributed by atoms with Gasteiger partial charge in [0.2, 0.25) is 0 Å². The van der Waals surface area contributed by atoms with Crippen molar-refractivity contribution in [2.75, 3.05) is 14.2 Å². The van der Waals surface area contributed by atoms with E-state index in [9.17, 15) is 9.59 Å². The van der Waals surface area contributed by atoms with Crippen molar-refractivity contribution in [3.8, 4) is 11.5 Å². The molecule has 0 spiro atoms. The van der Waals surface area contributed by atoms with Crippen LogP contribution in [0.25, 0.3) is 0 Å². The highest BCUT2D eigenvalue weighted by Crippen LogP contribution is 2.26. The molecule has 0 aromatic heterocycles. The molecule has 4 heteroatoms. The zero-order valence-electron chi connectivity index (χ0n) is 8.87. The number of aldehydes is 2. The van der Waals surface area contributed by atoms with Crippen LogP contribution in [0.2, 0.25) is 0 Å². The van der Waals surface area contributed by atoms with E-state index in [0.717, 1.165) is 0 Å². The molecule has 0 unspecified atom stereocenters. The molecule has 0 amide bonds. The Bertz CT molecular complexity index is 401. The van der Waals surface area contributed by atoms with Gasteiger partial charge in [0.05, 0.1) is 25.3 Å². The second-order valence-electron chi connectivity index (χ2n) is 2.51. The molecule has 1 aromatic rings. The molecular weight excluding hydrogens is 184 g/mol. The van der Waals surface area contributed by atoms with Gasteiger partial charge in [-0.05, 0) is 12.1 Å². The summed E-state index contributed by atoms with van der Waals surface area (Å²) in [7, 11) is 2.75. The minimum atomic E-state index is -0.886. The third-order valence-electron chi connectivity index (χ3n) is 1.79. The van der Waals surface area contributed by atoms with Gasteiger partial charge in [0, 0.05) is 0 Å². The number of carbonyl (C=O) groups excluding carboxylic acids is 2. The zero-order chi connectivity index (χ0) is 11.4. The lowest BCUT2D eigenvalue weighted by molar-refractivity contribution is 0.110. The van der Waals surface area contributed by atoms with Crippen molar-refractivity contribution in [1.82, 2.24) is 0 Å². The Morgan fingerprint density at radius 1 is 1.14 bits per heavy atom. The second-order valence-corrected chi connectivity index (χ2v) is 2.51. The van der Waals surface area contributed by atoms with Crippen LogP contribution in [0, 0.1) is 0 Å². The predicted octanol–water partition coefficient (Wildman–Crippen LogP) is 1.33. The maximum absolute atomic E-state index is 10.9. The predicted molar refractivity (Wildman–Crippen MR) is 50.3 cm³/mol. The summed E-state index contributed by atoms with van der Waals surface area (Å²) in [6, 6.07) is 2.69. The van der Waals surface area contributed by atoms with Gasteiger partial charge in [0.25, 0.3) is 0 Å². The third kappa shape index (κ3) is 1.74. The Hall–Kier alpha value is -1.84. The van der Waals surface area contributed by atoms with Crippen molar-refractivity contribution in [3.63, 3.8) is 0 Å². The number of rotatable bonds is 4. The Morgan fingerprint density at radius 3 is 2.07 bits per heavy atom. The maximum atomic E-state index is 10.9. The van der Waals surface area contributed by atoms with Crippen LogP contribution < -0.4 is 9.47 Å². The molecule has 1 rings (SSSR count). The fraction of sp³-hybridized carbons (Fsp3) is 0.200. The van der Waals surface area contributed by atoms with Crippen LogP contribution in [0.1, 0.15) is 22.1 Å².